The highest BCUT2D eigenvalue weighted by molar-refractivity contribution is 6.30. The van der Waals surface area contributed by atoms with Gasteiger partial charge in [0.15, 0.2) is 5.88 Å². The Hall–Kier alpha value is -3.54. The molecule has 0 saturated carbocycles. The largest absolute Gasteiger partial charge is 0.508 e. The van der Waals surface area contributed by atoms with Crippen LogP contribution in [0.25, 0.3) is 11.3 Å². The van der Waals surface area contributed by atoms with Gasteiger partial charge in [0.2, 0.25) is 0 Å². The number of aliphatic imine (C=N–C) groups is 1. The molecule has 2 heterocycles. The van der Waals surface area contributed by atoms with Crippen LogP contribution in [0.5, 0.6) is 17.4 Å². The number of nitrogens with one attached hydrogen (secondary N) is 1. The Morgan fingerprint density at radius 2 is 1.56 bits per heavy atom. The molecule has 0 unspecified atom stereocenters. The van der Waals surface area contributed by atoms with Gasteiger partial charge in [0.25, 0.3) is 5.91 Å². The second-order valence-electron chi connectivity index (χ2n) is 5.64. The fourth-order valence-corrected chi connectivity index (χ4v) is 2.95. The number of aromatic nitrogens is 1. The number of phenolic OH excluding ortho intramolecular Hbond substituents is 1. The first-order valence-electron chi connectivity index (χ1n) is 7.60. The molecule has 0 atom stereocenters. The minimum Gasteiger partial charge on any atom is -0.508 e. The van der Waals surface area contributed by atoms with E-state index in [0.717, 1.165) is 5.56 Å². The lowest BCUT2D eigenvalue weighted by atomic mass is 10.00. The van der Waals surface area contributed by atoms with Gasteiger partial charge in [-0.2, -0.15) is 0 Å². The van der Waals surface area contributed by atoms with Crippen molar-refractivity contribution >= 4 is 11.6 Å². The molecule has 1 aliphatic heterocycles. The predicted octanol–water partition coefficient (Wildman–Crippen LogP) is 3.09. The van der Waals surface area contributed by atoms with Crippen LogP contribution in [0.4, 0.5) is 0 Å². The van der Waals surface area contributed by atoms with Gasteiger partial charge in [-0.25, -0.2) is 4.99 Å². The van der Waals surface area contributed by atoms with Gasteiger partial charge >= 0.3 is 0 Å². The molecule has 3 aromatic rings. The molecule has 124 valence electrons. The van der Waals surface area contributed by atoms with Gasteiger partial charge in [-0.3, -0.25) is 4.79 Å². The van der Waals surface area contributed by atoms with Gasteiger partial charge in [-0.1, -0.05) is 0 Å². The number of hydrogen-bond donors (Lipinski definition) is 3. The number of fused-ring (bicyclic) bond motifs is 1. The SMILES string of the molecule is COc1ccc(-c2[nH]c(O)c3c2C(=O)N=C3c2ccc(O)cc2)cc1. The third kappa shape index (κ3) is 2.35. The Morgan fingerprint density at radius 1 is 0.920 bits per heavy atom. The molecule has 6 heteroatoms. The summed E-state index contributed by atoms with van der Waals surface area (Å²) in [5, 5.41) is 19.8. The van der Waals surface area contributed by atoms with E-state index < -0.39 is 5.91 Å². The normalized spacial score (nSPS) is 12.8. The van der Waals surface area contributed by atoms with Gasteiger partial charge in [0.1, 0.15) is 11.5 Å². The third-order valence-corrected chi connectivity index (χ3v) is 4.16. The van der Waals surface area contributed by atoms with Crippen LogP contribution in [0.15, 0.2) is 53.5 Å². The molecular weight excluding hydrogens is 320 g/mol. The van der Waals surface area contributed by atoms with Crippen molar-refractivity contribution in [2.45, 2.75) is 0 Å². The summed E-state index contributed by atoms with van der Waals surface area (Å²) in [5.74, 6) is 0.286. The molecule has 1 aromatic heterocycles. The first-order valence-corrected chi connectivity index (χ1v) is 7.60. The van der Waals surface area contributed by atoms with Crippen molar-refractivity contribution in [2.75, 3.05) is 7.11 Å². The lowest BCUT2D eigenvalue weighted by molar-refractivity contribution is 0.101. The first kappa shape index (κ1) is 15.0. The number of benzene rings is 2. The van der Waals surface area contributed by atoms with E-state index in [9.17, 15) is 15.0 Å². The van der Waals surface area contributed by atoms with Crippen molar-refractivity contribution in [3.05, 3.63) is 65.2 Å². The first-order chi connectivity index (χ1) is 12.1. The lowest BCUT2D eigenvalue weighted by Gasteiger charge is -2.02. The van der Waals surface area contributed by atoms with Gasteiger partial charge < -0.3 is 19.9 Å². The van der Waals surface area contributed by atoms with Crippen LogP contribution in [0.2, 0.25) is 0 Å². The van der Waals surface area contributed by atoms with Gasteiger partial charge in [0, 0.05) is 5.56 Å². The van der Waals surface area contributed by atoms with E-state index in [1.807, 2.05) is 0 Å². The predicted molar refractivity (Wildman–Crippen MR) is 92.5 cm³/mol. The summed E-state index contributed by atoms with van der Waals surface area (Å²) in [4.78, 5) is 19.4. The number of nitrogens with zero attached hydrogens (tertiary/aromatic N) is 1. The number of aromatic amines is 1. The van der Waals surface area contributed by atoms with E-state index in [2.05, 4.69) is 9.98 Å². The number of amides is 1. The summed E-state index contributed by atoms with van der Waals surface area (Å²) < 4.78 is 5.14. The molecule has 4 rings (SSSR count). The van der Waals surface area contributed by atoms with Crippen molar-refractivity contribution in [1.29, 1.82) is 0 Å². The number of rotatable bonds is 3. The third-order valence-electron chi connectivity index (χ3n) is 4.16. The smallest absolute Gasteiger partial charge is 0.280 e. The van der Waals surface area contributed by atoms with Crippen LogP contribution < -0.4 is 4.74 Å². The summed E-state index contributed by atoms with van der Waals surface area (Å²) in [6, 6.07) is 13.5. The molecule has 3 N–H and O–H groups in total. The highest BCUT2D eigenvalue weighted by Crippen LogP contribution is 2.38. The Labute approximate surface area is 143 Å². The standard InChI is InChI=1S/C19H14N2O4/c1-25-13-8-4-11(5-9-13)17-15-14(18(23)21-17)16(20-19(15)24)10-2-6-12(22)7-3-10/h2-9,21-23H,1H3. The van der Waals surface area contributed by atoms with Crippen molar-refractivity contribution in [3.63, 3.8) is 0 Å². The number of carbonyl (C=O) groups is 1. The molecule has 0 fully saturated rings. The fraction of sp³-hybridized carbons (Fsp3) is 0.0526. The Bertz CT molecular complexity index is 999. The zero-order valence-electron chi connectivity index (χ0n) is 13.3. The van der Waals surface area contributed by atoms with E-state index in [-0.39, 0.29) is 11.6 Å². The lowest BCUT2D eigenvalue weighted by Crippen LogP contribution is -1.99. The van der Waals surface area contributed by atoms with E-state index >= 15 is 0 Å². The molecular formula is C19H14N2O4. The summed E-state index contributed by atoms with van der Waals surface area (Å²) in [6.07, 6.45) is 0. The van der Waals surface area contributed by atoms with Crippen LogP contribution in [0.3, 0.4) is 0 Å². The highest BCUT2D eigenvalue weighted by Gasteiger charge is 2.33. The van der Waals surface area contributed by atoms with Crippen LogP contribution in [-0.2, 0) is 0 Å². The zero-order valence-corrected chi connectivity index (χ0v) is 13.3. The summed E-state index contributed by atoms with van der Waals surface area (Å²) in [7, 11) is 1.58. The Morgan fingerprint density at radius 3 is 2.20 bits per heavy atom. The molecule has 0 spiro atoms. The van der Waals surface area contributed by atoms with Crippen molar-refractivity contribution in [3.8, 4) is 28.6 Å². The van der Waals surface area contributed by atoms with E-state index in [1.165, 1.54) is 12.1 Å². The molecule has 1 amide bonds. The molecule has 0 saturated heterocycles. The topological polar surface area (TPSA) is 94.9 Å². The van der Waals surface area contributed by atoms with Gasteiger partial charge in [-0.05, 0) is 54.1 Å². The second kappa shape index (κ2) is 5.52. The maximum Gasteiger partial charge on any atom is 0.280 e. The molecule has 0 bridgehead atoms. The Kier molecular flexibility index (Phi) is 3.32. The van der Waals surface area contributed by atoms with Crippen LogP contribution in [-0.4, -0.2) is 33.9 Å². The molecule has 1 aliphatic rings. The number of H-pyrrole nitrogens is 1. The highest BCUT2D eigenvalue weighted by atomic mass is 16.5. The van der Waals surface area contributed by atoms with E-state index in [0.29, 0.717) is 33.8 Å². The minimum absolute atomic E-state index is 0.113. The van der Waals surface area contributed by atoms with E-state index in [1.54, 1.807) is 43.5 Å². The maximum atomic E-state index is 12.5. The van der Waals surface area contributed by atoms with Crippen LogP contribution in [0, 0.1) is 0 Å². The summed E-state index contributed by atoms with van der Waals surface area (Å²) >= 11 is 0. The summed E-state index contributed by atoms with van der Waals surface area (Å²) in [5.41, 5.74) is 2.99. The van der Waals surface area contributed by atoms with Crippen molar-refractivity contribution in [1.82, 2.24) is 4.98 Å². The molecule has 25 heavy (non-hydrogen) atoms. The zero-order chi connectivity index (χ0) is 17.6. The number of phenols is 1. The summed E-state index contributed by atoms with van der Waals surface area (Å²) in [6.45, 7) is 0. The average molecular weight is 334 g/mol. The number of hydrogen-bond acceptors (Lipinski definition) is 4. The number of ether oxygens (including phenoxy) is 1. The fourth-order valence-electron chi connectivity index (χ4n) is 2.95. The van der Waals surface area contributed by atoms with Crippen LogP contribution >= 0.6 is 0 Å². The van der Waals surface area contributed by atoms with E-state index in [4.69, 9.17) is 4.74 Å². The number of carbonyl (C=O) groups excluding carboxylic acids is 1. The number of aromatic hydroxyl groups is 2. The Balaban J connectivity index is 1.83. The van der Waals surface area contributed by atoms with Gasteiger partial charge in [-0.15, -0.1) is 0 Å². The average Bonchev–Trinajstić information content (AvgIpc) is 3.15. The van der Waals surface area contributed by atoms with Crippen molar-refractivity contribution in [2.24, 2.45) is 4.99 Å². The number of methoxy groups -OCH3 is 1. The molecule has 0 aliphatic carbocycles. The van der Waals surface area contributed by atoms with Crippen molar-refractivity contribution < 1.29 is 19.7 Å². The van der Waals surface area contributed by atoms with Crippen LogP contribution in [0.1, 0.15) is 21.5 Å². The molecule has 6 nitrogen and oxygen atoms in total. The maximum absolute atomic E-state index is 12.5. The molecule has 0 radical (unpaired) electrons. The quantitative estimate of drug-likeness (QED) is 0.686. The molecule has 2 aromatic carbocycles. The second-order valence-corrected chi connectivity index (χ2v) is 5.64. The van der Waals surface area contributed by atoms with Gasteiger partial charge in [0.05, 0.1) is 29.6 Å². The monoisotopic (exact) mass is 334 g/mol. The minimum atomic E-state index is -0.416.